The van der Waals surface area contributed by atoms with Gasteiger partial charge in [0, 0.05) is 17.7 Å². The number of nitrogens with zero attached hydrogens (tertiary/aromatic N) is 1. The van der Waals surface area contributed by atoms with Crippen LogP contribution in [0, 0.1) is 16.7 Å². The maximum Gasteiger partial charge on any atom is 0.166 e. The van der Waals surface area contributed by atoms with Crippen LogP contribution >= 0.6 is 11.6 Å². The quantitative estimate of drug-likeness (QED) is 0.660. The molecule has 0 aromatic heterocycles. The summed E-state index contributed by atoms with van der Waals surface area (Å²) in [5, 5.41) is 9.50. The first-order valence-electron chi connectivity index (χ1n) is 5.56. The van der Waals surface area contributed by atoms with E-state index < -0.39 is 5.41 Å². The van der Waals surface area contributed by atoms with Gasteiger partial charge < -0.3 is 5.73 Å². The molecule has 1 aromatic rings. The molecule has 88 valence electrons. The number of anilines is 1. The monoisotopic (exact) mass is 248 g/mol. The highest BCUT2D eigenvalue weighted by Gasteiger charge is 2.39. The van der Waals surface area contributed by atoms with Crippen molar-refractivity contribution in [2.24, 2.45) is 5.41 Å². The van der Waals surface area contributed by atoms with Crippen LogP contribution < -0.4 is 5.73 Å². The van der Waals surface area contributed by atoms with E-state index in [9.17, 15) is 4.79 Å². The summed E-state index contributed by atoms with van der Waals surface area (Å²) in [6.07, 6.45) is 2.86. The van der Waals surface area contributed by atoms with Crippen LogP contribution in [0.4, 0.5) is 5.69 Å². The van der Waals surface area contributed by atoms with Crippen LogP contribution in [0.15, 0.2) is 18.2 Å². The van der Waals surface area contributed by atoms with Crippen LogP contribution in [-0.4, -0.2) is 5.78 Å². The van der Waals surface area contributed by atoms with E-state index in [1.54, 1.807) is 18.2 Å². The van der Waals surface area contributed by atoms with Crippen molar-refractivity contribution in [3.63, 3.8) is 0 Å². The first kappa shape index (κ1) is 11.9. The van der Waals surface area contributed by atoms with Crippen LogP contribution in [0.5, 0.6) is 0 Å². The molecule has 1 saturated carbocycles. The Hall–Kier alpha value is -1.53. The third-order valence-electron chi connectivity index (χ3n) is 3.34. The van der Waals surface area contributed by atoms with E-state index in [0.29, 0.717) is 16.3 Å². The zero-order chi connectivity index (χ0) is 12.5. The minimum Gasteiger partial charge on any atom is -0.399 e. The fourth-order valence-corrected chi connectivity index (χ4v) is 2.31. The van der Waals surface area contributed by atoms with E-state index in [1.165, 1.54) is 0 Å². The molecule has 4 heteroatoms. The number of nitriles is 1. The summed E-state index contributed by atoms with van der Waals surface area (Å²) < 4.78 is 0. The van der Waals surface area contributed by atoms with Gasteiger partial charge in [0.25, 0.3) is 0 Å². The van der Waals surface area contributed by atoms with Gasteiger partial charge in [0.2, 0.25) is 0 Å². The van der Waals surface area contributed by atoms with Crippen LogP contribution in [0.1, 0.15) is 36.0 Å². The Morgan fingerprint density at radius 2 is 2.24 bits per heavy atom. The average Bonchev–Trinajstić information content (AvgIpc) is 2.26. The number of hydrogen-bond acceptors (Lipinski definition) is 3. The van der Waals surface area contributed by atoms with Crippen LogP contribution in [0.3, 0.4) is 0 Å². The smallest absolute Gasteiger partial charge is 0.166 e. The Morgan fingerprint density at radius 3 is 2.76 bits per heavy atom. The lowest BCUT2D eigenvalue weighted by molar-refractivity contribution is 0.0881. The Bertz CT molecular complexity index is 501. The van der Waals surface area contributed by atoms with E-state index >= 15 is 0 Å². The molecule has 0 unspecified atom stereocenters. The fraction of sp³-hybridized carbons (Fsp3) is 0.385. The molecule has 0 radical (unpaired) electrons. The highest BCUT2D eigenvalue weighted by molar-refractivity contribution is 6.34. The normalized spacial score (nSPS) is 16.9. The van der Waals surface area contributed by atoms with Gasteiger partial charge in [-0.25, -0.2) is 0 Å². The number of carbonyl (C=O) groups excluding carboxylic acids is 1. The number of nitrogen functional groups attached to an aromatic ring is 1. The molecule has 0 aliphatic heterocycles. The number of halogens is 1. The minimum atomic E-state index is -0.467. The molecule has 17 heavy (non-hydrogen) atoms. The molecule has 0 spiro atoms. The first-order chi connectivity index (χ1) is 8.06. The summed E-state index contributed by atoms with van der Waals surface area (Å²) >= 11 is 5.97. The molecule has 2 N–H and O–H groups in total. The summed E-state index contributed by atoms with van der Waals surface area (Å²) in [7, 11) is 0. The fourth-order valence-electron chi connectivity index (χ4n) is 2.09. The molecule has 0 atom stereocenters. The highest BCUT2D eigenvalue weighted by atomic mass is 35.5. The molecule has 1 aliphatic rings. The number of carbonyl (C=O) groups is 1. The summed E-state index contributed by atoms with van der Waals surface area (Å²) in [4.78, 5) is 12.1. The van der Waals surface area contributed by atoms with Gasteiger partial charge in [-0.2, -0.15) is 5.26 Å². The number of nitrogens with two attached hydrogens (primary N) is 1. The molecular weight excluding hydrogens is 236 g/mol. The molecule has 1 aliphatic carbocycles. The molecule has 1 aromatic carbocycles. The summed E-state index contributed by atoms with van der Waals surface area (Å²) in [6, 6.07) is 7.10. The molecule has 0 amide bonds. The Labute approximate surface area is 105 Å². The van der Waals surface area contributed by atoms with E-state index in [0.717, 1.165) is 19.3 Å². The first-order valence-corrected chi connectivity index (χ1v) is 5.94. The molecule has 1 fully saturated rings. The zero-order valence-electron chi connectivity index (χ0n) is 9.37. The lowest BCUT2D eigenvalue weighted by Gasteiger charge is -2.34. The summed E-state index contributed by atoms with van der Waals surface area (Å²) in [5.74, 6) is -0.0939. The van der Waals surface area contributed by atoms with Crippen molar-refractivity contribution in [3.05, 3.63) is 28.8 Å². The van der Waals surface area contributed by atoms with E-state index in [1.807, 2.05) is 0 Å². The molecule has 0 bridgehead atoms. The van der Waals surface area contributed by atoms with Crippen molar-refractivity contribution in [2.75, 3.05) is 5.73 Å². The van der Waals surface area contributed by atoms with Crippen molar-refractivity contribution in [2.45, 2.75) is 25.7 Å². The van der Waals surface area contributed by atoms with Crippen molar-refractivity contribution in [1.82, 2.24) is 0 Å². The van der Waals surface area contributed by atoms with Crippen molar-refractivity contribution >= 4 is 23.1 Å². The molecule has 2 rings (SSSR count). The second-order valence-corrected chi connectivity index (χ2v) is 4.99. The maximum absolute atomic E-state index is 12.1. The van der Waals surface area contributed by atoms with Gasteiger partial charge >= 0.3 is 0 Å². The van der Waals surface area contributed by atoms with Crippen LogP contribution in [0.2, 0.25) is 5.02 Å². The van der Waals surface area contributed by atoms with Gasteiger partial charge in [-0.05, 0) is 31.0 Å². The third-order valence-corrected chi connectivity index (χ3v) is 3.67. The van der Waals surface area contributed by atoms with E-state index in [2.05, 4.69) is 6.07 Å². The predicted octanol–water partition coefficient (Wildman–Crippen LogP) is 3.19. The number of rotatable bonds is 3. The summed E-state index contributed by atoms with van der Waals surface area (Å²) in [6.45, 7) is 0. The molecule has 0 heterocycles. The Kier molecular flexibility index (Phi) is 3.08. The van der Waals surface area contributed by atoms with Gasteiger partial charge in [0.05, 0.1) is 16.5 Å². The Balaban J connectivity index is 2.20. The topological polar surface area (TPSA) is 66.9 Å². The number of ketones is 1. The van der Waals surface area contributed by atoms with Gasteiger partial charge in [-0.15, -0.1) is 0 Å². The lowest BCUT2D eigenvalue weighted by Crippen LogP contribution is -2.30. The molecule has 3 nitrogen and oxygen atoms in total. The average molecular weight is 249 g/mol. The minimum absolute atomic E-state index is 0.0939. The van der Waals surface area contributed by atoms with Crippen molar-refractivity contribution < 1.29 is 4.79 Å². The summed E-state index contributed by atoms with van der Waals surface area (Å²) in [5.41, 5.74) is 6.10. The maximum atomic E-state index is 12.1. The number of hydrogen-bond donors (Lipinski definition) is 1. The highest BCUT2D eigenvalue weighted by Crippen LogP contribution is 2.44. The van der Waals surface area contributed by atoms with Gasteiger partial charge in [-0.1, -0.05) is 18.0 Å². The third kappa shape index (κ3) is 2.27. The van der Waals surface area contributed by atoms with Gasteiger partial charge in [-0.3, -0.25) is 4.79 Å². The molecular formula is C13H13ClN2O. The number of benzene rings is 1. The lowest BCUT2D eigenvalue weighted by atomic mass is 9.66. The predicted molar refractivity (Wildman–Crippen MR) is 66.7 cm³/mol. The van der Waals surface area contributed by atoms with Crippen LogP contribution in [0.25, 0.3) is 0 Å². The van der Waals surface area contributed by atoms with Crippen LogP contribution in [-0.2, 0) is 0 Å². The number of Topliss-reactive ketones (excluding diaryl/α,β-unsaturated/α-hetero) is 1. The van der Waals surface area contributed by atoms with E-state index in [-0.39, 0.29) is 12.2 Å². The Morgan fingerprint density at radius 1 is 1.53 bits per heavy atom. The van der Waals surface area contributed by atoms with Gasteiger partial charge in [0.15, 0.2) is 5.78 Å². The van der Waals surface area contributed by atoms with Gasteiger partial charge in [0.1, 0.15) is 0 Å². The van der Waals surface area contributed by atoms with E-state index in [4.69, 9.17) is 22.6 Å². The van der Waals surface area contributed by atoms with Crippen molar-refractivity contribution in [1.29, 1.82) is 5.26 Å². The SMILES string of the molecule is N#CC1(CC(=O)c2cc(N)ccc2Cl)CCC1. The zero-order valence-corrected chi connectivity index (χ0v) is 10.1. The molecule has 0 saturated heterocycles. The second-order valence-electron chi connectivity index (χ2n) is 4.58. The standard InChI is InChI=1S/C13H13ClN2O/c14-11-3-2-9(16)6-10(11)12(17)7-13(8-15)4-1-5-13/h2-3,6H,1,4-5,7,16H2. The largest absolute Gasteiger partial charge is 0.399 e. The second kappa shape index (κ2) is 4.38. The van der Waals surface area contributed by atoms with Crippen molar-refractivity contribution in [3.8, 4) is 6.07 Å².